The summed E-state index contributed by atoms with van der Waals surface area (Å²) < 4.78 is 32.5. The Balaban J connectivity index is 2.48. The van der Waals surface area contributed by atoms with Crippen molar-refractivity contribution in [1.82, 2.24) is 9.71 Å². The smallest absolute Gasteiger partial charge is 0.244 e. The quantitative estimate of drug-likeness (QED) is 0.684. The predicted octanol–water partition coefficient (Wildman–Crippen LogP) is 1.77. The number of nitrogen functional groups attached to an aromatic ring is 1. The lowest BCUT2D eigenvalue weighted by molar-refractivity contribution is 0.108. The van der Waals surface area contributed by atoms with Crippen LogP contribution in [0, 0.1) is 5.92 Å². The Morgan fingerprint density at radius 2 is 2.20 bits per heavy atom. The Morgan fingerprint density at radius 3 is 2.85 bits per heavy atom. The topological polar surface area (TPSA) is 94.3 Å². The van der Waals surface area contributed by atoms with Crippen molar-refractivity contribution < 1.29 is 13.2 Å². The van der Waals surface area contributed by atoms with E-state index in [-0.39, 0.29) is 10.7 Å². The van der Waals surface area contributed by atoms with E-state index >= 15 is 0 Å². The molecule has 114 valence electrons. The second-order valence-electron chi connectivity index (χ2n) is 4.76. The van der Waals surface area contributed by atoms with Gasteiger partial charge in [0.25, 0.3) is 0 Å². The third-order valence-electron chi connectivity index (χ3n) is 2.35. The van der Waals surface area contributed by atoms with Crippen molar-refractivity contribution in [2.24, 2.45) is 5.92 Å². The highest BCUT2D eigenvalue weighted by Gasteiger charge is 2.18. The lowest BCUT2D eigenvalue weighted by Gasteiger charge is -2.09. The number of halogens is 1. The van der Waals surface area contributed by atoms with Gasteiger partial charge in [-0.05, 0) is 34.3 Å². The van der Waals surface area contributed by atoms with Crippen LogP contribution >= 0.6 is 15.9 Å². The van der Waals surface area contributed by atoms with Gasteiger partial charge in [0, 0.05) is 30.4 Å². The summed E-state index contributed by atoms with van der Waals surface area (Å²) in [5, 5.41) is 0. The van der Waals surface area contributed by atoms with Gasteiger partial charge >= 0.3 is 0 Å². The number of nitrogens with zero attached hydrogens (tertiary/aromatic N) is 1. The first-order valence-corrected chi connectivity index (χ1v) is 8.59. The summed E-state index contributed by atoms with van der Waals surface area (Å²) in [6.45, 7) is 5.62. The van der Waals surface area contributed by atoms with Crippen molar-refractivity contribution in [3.05, 3.63) is 16.7 Å². The van der Waals surface area contributed by atoms with E-state index in [1.54, 1.807) is 0 Å². The van der Waals surface area contributed by atoms with Crippen LogP contribution in [0.3, 0.4) is 0 Å². The van der Waals surface area contributed by atoms with E-state index in [0.29, 0.717) is 36.6 Å². The van der Waals surface area contributed by atoms with Crippen molar-refractivity contribution in [3.8, 4) is 0 Å². The molecular weight excluding hydrogens is 346 g/mol. The largest absolute Gasteiger partial charge is 0.383 e. The molecule has 1 rings (SSSR count). The van der Waals surface area contributed by atoms with Gasteiger partial charge in [0.15, 0.2) is 0 Å². The fraction of sp³-hybridized carbons (Fsp3) is 0.583. The van der Waals surface area contributed by atoms with Crippen LogP contribution < -0.4 is 10.5 Å². The number of anilines is 1. The molecule has 1 heterocycles. The summed E-state index contributed by atoms with van der Waals surface area (Å²) in [6.07, 6.45) is 2.06. The van der Waals surface area contributed by atoms with E-state index in [9.17, 15) is 8.42 Å². The normalized spacial score (nSPS) is 12.0. The molecule has 20 heavy (non-hydrogen) atoms. The molecule has 0 amide bonds. The van der Waals surface area contributed by atoms with Gasteiger partial charge in [-0.15, -0.1) is 0 Å². The molecule has 0 spiro atoms. The maximum Gasteiger partial charge on any atom is 0.244 e. The van der Waals surface area contributed by atoms with Crippen LogP contribution in [0.15, 0.2) is 21.6 Å². The number of hydrogen-bond donors (Lipinski definition) is 2. The van der Waals surface area contributed by atoms with Gasteiger partial charge in [0.05, 0.1) is 0 Å². The molecule has 0 aliphatic heterocycles. The van der Waals surface area contributed by atoms with Gasteiger partial charge in [-0.1, -0.05) is 13.8 Å². The minimum Gasteiger partial charge on any atom is -0.383 e. The monoisotopic (exact) mass is 365 g/mol. The number of hydrogen-bond acceptors (Lipinski definition) is 5. The molecule has 0 unspecified atom stereocenters. The minimum atomic E-state index is -3.64. The summed E-state index contributed by atoms with van der Waals surface area (Å²) in [4.78, 5) is 3.79. The number of sulfonamides is 1. The number of ether oxygens (including phenoxy) is 1. The summed E-state index contributed by atoms with van der Waals surface area (Å²) in [5.74, 6) is 0.455. The molecule has 0 radical (unpaired) electrons. The molecule has 1 aromatic heterocycles. The molecular formula is C12H20BrN3O3S. The molecule has 0 atom stereocenters. The number of pyridine rings is 1. The molecule has 8 heteroatoms. The number of nitrogens with one attached hydrogen (secondary N) is 1. The number of rotatable bonds is 8. The van der Waals surface area contributed by atoms with Crippen molar-refractivity contribution in [2.75, 3.05) is 25.5 Å². The van der Waals surface area contributed by atoms with Gasteiger partial charge < -0.3 is 10.5 Å². The van der Waals surface area contributed by atoms with Crippen LogP contribution in [0.2, 0.25) is 0 Å². The average molecular weight is 366 g/mol. The fourth-order valence-corrected chi connectivity index (χ4v) is 3.09. The zero-order chi connectivity index (χ0) is 15.2. The van der Waals surface area contributed by atoms with Crippen LogP contribution in [-0.2, 0) is 14.8 Å². The van der Waals surface area contributed by atoms with Gasteiger partial charge in [0.2, 0.25) is 10.0 Å². The van der Waals surface area contributed by atoms with Crippen LogP contribution in [0.4, 0.5) is 5.82 Å². The van der Waals surface area contributed by atoms with Gasteiger partial charge in [-0.3, -0.25) is 0 Å². The van der Waals surface area contributed by atoms with Gasteiger partial charge in [-0.25, -0.2) is 18.1 Å². The molecule has 0 bridgehead atoms. The van der Waals surface area contributed by atoms with Crippen molar-refractivity contribution in [2.45, 2.75) is 25.2 Å². The third kappa shape index (κ3) is 5.74. The Kier molecular flexibility index (Phi) is 6.87. The maximum atomic E-state index is 12.1. The van der Waals surface area contributed by atoms with Gasteiger partial charge in [0.1, 0.15) is 10.7 Å². The predicted molar refractivity (Wildman–Crippen MR) is 81.8 cm³/mol. The molecule has 6 nitrogen and oxygen atoms in total. The first-order valence-electron chi connectivity index (χ1n) is 6.31. The van der Waals surface area contributed by atoms with Crippen molar-refractivity contribution >= 4 is 31.8 Å². The Bertz CT molecular complexity index is 535. The molecule has 0 saturated heterocycles. The van der Waals surface area contributed by atoms with Crippen LogP contribution in [0.5, 0.6) is 0 Å². The molecule has 0 saturated carbocycles. The van der Waals surface area contributed by atoms with Gasteiger partial charge in [-0.2, -0.15) is 0 Å². The standard InChI is InChI=1S/C12H20BrN3O3S/c1-9(2)8-19-5-3-4-16-20(17,18)11-6-10(13)7-15-12(11)14/h6-7,9,16H,3-5,8H2,1-2H3,(H2,14,15). The summed E-state index contributed by atoms with van der Waals surface area (Å²) in [5.41, 5.74) is 5.58. The Labute approximate surface area is 128 Å². The minimum absolute atomic E-state index is 0.0169. The maximum absolute atomic E-state index is 12.1. The lowest BCUT2D eigenvalue weighted by atomic mass is 10.2. The van der Waals surface area contributed by atoms with Crippen LogP contribution in [0.25, 0.3) is 0 Å². The van der Waals surface area contributed by atoms with Crippen molar-refractivity contribution in [3.63, 3.8) is 0 Å². The summed E-state index contributed by atoms with van der Waals surface area (Å²) >= 11 is 3.17. The second-order valence-corrected chi connectivity index (χ2v) is 7.41. The van der Waals surface area contributed by atoms with E-state index in [2.05, 4.69) is 39.5 Å². The third-order valence-corrected chi connectivity index (χ3v) is 4.27. The molecule has 3 N–H and O–H groups in total. The van der Waals surface area contributed by atoms with E-state index in [1.165, 1.54) is 12.3 Å². The van der Waals surface area contributed by atoms with E-state index in [0.717, 1.165) is 0 Å². The highest BCUT2D eigenvalue weighted by Crippen LogP contribution is 2.20. The summed E-state index contributed by atoms with van der Waals surface area (Å²) in [6, 6.07) is 1.43. The first kappa shape index (κ1) is 17.4. The van der Waals surface area contributed by atoms with E-state index in [4.69, 9.17) is 10.5 Å². The average Bonchev–Trinajstić information content (AvgIpc) is 2.36. The first-order chi connectivity index (χ1) is 9.33. The molecule has 0 fully saturated rings. The Morgan fingerprint density at radius 1 is 1.50 bits per heavy atom. The zero-order valence-electron chi connectivity index (χ0n) is 11.6. The SMILES string of the molecule is CC(C)COCCCNS(=O)(=O)c1cc(Br)cnc1N. The molecule has 0 aliphatic carbocycles. The van der Waals surface area contributed by atoms with Crippen LogP contribution in [0.1, 0.15) is 20.3 Å². The fourth-order valence-electron chi connectivity index (χ4n) is 1.42. The van der Waals surface area contributed by atoms with E-state index in [1.807, 2.05) is 0 Å². The molecule has 1 aromatic rings. The molecule has 0 aliphatic rings. The lowest BCUT2D eigenvalue weighted by Crippen LogP contribution is -2.26. The zero-order valence-corrected chi connectivity index (χ0v) is 14.0. The number of aromatic nitrogens is 1. The number of nitrogens with two attached hydrogens (primary N) is 1. The second kappa shape index (κ2) is 7.92. The van der Waals surface area contributed by atoms with E-state index < -0.39 is 10.0 Å². The Hall–Kier alpha value is -0.700. The highest BCUT2D eigenvalue weighted by atomic mass is 79.9. The highest BCUT2D eigenvalue weighted by molar-refractivity contribution is 9.10. The van der Waals surface area contributed by atoms with Crippen LogP contribution in [-0.4, -0.2) is 33.2 Å². The molecule has 0 aromatic carbocycles. The van der Waals surface area contributed by atoms with Crippen molar-refractivity contribution in [1.29, 1.82) is 0 Å². The summed E-state index contributed by atoms with van der Waals surface area (Å²) in [7, 11) is -3.64.